The van der Waals surface area contributed by atoms with Crippen LogP contribution in [0.1, 0.15) is 170 Å². The first kappa shape index (κ1) is 62.1. The summed E-state index contributed by atoms with van der Waals surface area (Å²) >= 11 is 0. The number of hydrogen-bond acceptors (Lipinski definition) is 9. The van der Waals surface area contributed by atoms with Gasteiger partial charge >= 0.3 is 18.0 Å². The molecule has 7 rings (SSSR count). The van der Waals surface area contributed by atoms with Crippen molar-refractivity contribution < 1.29 is 28.4 Å². The number of unbranched alkanes of at least 4 members (excludes halogenated alkanes) is 15. The second-order valence-corrected chi connectivity index (χ2v) is 20.0. The lowest BCUT2D eigenvalue weighted by Gasteiger charge is -2.10. The molecule has 0 unspecified atom stereocenters. The molecule has 0 N–H and O–H groups in total. The minimum Gasteiger partial charge on any atom is -0.494 e. The third kappa shape index (κ3) is 24.7. The van der Waals surface area contributed by atoms with Crippen molar-refractivity contribution in [3.05, 3.63) is 179 Å². The fraction of sp³-hybridized carbons (Fsp3) is 0.320. The smallest absolute Gasteiger partial charge is 0.331 e. The maximum absolute atomic E-state index is 6.14. The Bertz CT molecular complexity index is 3090. The van der Waals surface area contributed by atoms with Crippen molar-refractivity contribution in [2.45, 2.75) is 136 Å². The minimum atomic E-state index is -0.0497. The molecule has 0 saturated heterocycles. The summed E-state index contributed by atoms with van der Waals surface area (Å²) in [5.41, 5.74) is 4.84. The van der Waals surface area contributed by atoms with E-state index in [1.165, 1.54) is 96.3 Å². The van der Waals surface area contributed by atoms with Gasteiger partial charge in [-0.2, -0.15) is 0 Å². The average molecular weight is 1110 g/mol. The Labute approximate surface area is 499 Å². The van der Waals surface area contributed by atoms with Crippen LogP contribution in [0.4, 0.5) is 0 Å². The van der Waals surface area contributed by atoms with E-state index < -0.39 is 0 Å². The molecule has 84 heavy (non-hydrogen) atoms. The zero-order valence-corrected chi connectivity index (χ0v) is 49.0. The van der Waals surface area contributed by atoms with E-state index in [4.69, 9.17) is 28.4 Å². The van der Waals surface area contributed by atoms with Gasteiger partial charge < -0.3 is 28.4 Å². The highest BCUT2D eigenvalue weighted by molar-refractivity contribution is 5.50. The number of ether oxygens (including phenoxy) is 6. The quantitative estimate of drug-likeness (QED) is 0.0322. The zero-order valence-electron chi connectivity index (χ0n) is 49.0. The minimum absolute atomic E-state index is 0.0497. The van der Waals surface area contributed by atoms with Crippen LogP contribution in [0.5, 0.6) is 52.5 Å². The maximum atomic E-state index is 6.14. The van der Waals surface area contributed by atoms with Gasteiger partial charge in [-0.25, -0.2) is 0 Å². The molecule has 9 heteroatoms. The van der Waals surface area contributed by atoms with E-state index >= 15 is 0 Å². The lowest BCUT2D eigenvalue weighted by molar-refractivity contribution is 0.304. The number of hydrogen-bond donors (Lipinski definition) is 0. The van der Waals surface area contributed by atoms with Gasteiger partial charge in [0.2, 0.25) is 0 Å². The highest BCUT2D eigenvalue weighted by atomic mass is 16.5. The van der Waals surface area contributed by atoms with Gasteiger partial charge in [-0.1, -0.05) is 153 Å². The summed E-state index contributed by atoms with van der Waals surface area (Å²) in [7, 11) is 0. The fourth-order valence-electron chi connectivity index (χ4n) is 8.33. The molecule has 0 aliphatic carbocycles. The predicted molar refractivity (Wildman–Crippen MR) is 337 cm³/mol. The highest BCUT2D eigenvalue weighted by Crippen LogP contribution is 2.28. The predicted octanol–water partition coefficient (Wildman–Crippen LogP) is 17.7. The summed E-state index contributed by atoms with van der Waals surface area (Å²) in [6.07, 6.45) is 22.1. The summed E-state index contributed by atoms with van der Waals surface area (Å²) in [4.78, 5) is 13.4. The number of nitrogens with zero attached hydrogens (tertiary/aromatic N) is 3. The van der Waals surface area contributed by atoms with Crippen molar-refractivity contribution in [2.75, 3.05) is 19.8 Å². The van der Waals surface area contributed by atoms with Crippen LogP contribution in [0.3, 0.4) is 0 Å². The molecule has 0 spiro atoms. The van der Waals surface area contributed by atoms with Crippen LogP contribution in [-0.2, 0) is 0 Å². The molecular formula is C75H75N3O6. The van der Waals surface area contributed by atoms with Gasteiger partial charge in [0.1, 0.15) is 34.5 Å². The van der Waals surface area contributed by atoms with Crippen LogP contribution in [-0.4, -0.2) is 34.8 Å². The maximum Gasteiger partial charge on any atom is 0.331 e. The summed E-state index contributed by atoms with van der Waals surface area (Å²) in [5.74, 6) is 40.2. The molecule has 0 aliphatic rings. The summed E-state index contributed by atoms with van der Waals surface area (Å²) in [6, 6.07) is 44.9. The molecule has 0 fully saturated rings. The molecule has 9 nitrogen and oxygen atoms in total. The Hall–Kier alpha value is -9.51. The van der Waals surface area contributed by atoms with Crippen LogP contribution >= 0.6 is 0 Å². The molecule has 426 valence electrons. The van der Waals surface area contributed by atoms with E-state index in [1.54, 1.807) is 36.4 Å². The zero-order chi connectivity index (χ0) is 58.3. The molecule has 6 aromatic carbocycles. The molecule has 0 amide bonds. The molecule has 7 aromatic rings. The van der Waals surface area contributed by atoms with Crippen molar-refractivity contribution in [1.82, 2.24) is 15.0 Å². The van der Waals surface area contributed by atoms with Crippen LogP contribution in [0, 0.1) is 71.0 Å². The molecule has 1 heterocycles. The van der Waals surface area contributed by atoms with Gasteiger partial charge in [0.05, 0.1) is 19.8 Å². The van der Waals surface area contributed by atoms with E-state index in [0.717, 1.165) is 89.7 Å². The Balaban J connectivity index is 0.961. The van der Waals surface area contributed by atoms with E-state index in [1.807, 2.05) is 109 Å². The van der Waals surface area contributed by atoms with Crippen molar-refractivity contribution in [3.8, 4) is 124 Å². The van der Waals surface area contributed by atoms with Gasteiger partial charge in [-0.15, -0.1) is 15.0 Å². The summed E-state index contributed by atoms with van der Waals surface area (Å²) < 4.78 is 36.2. The normalized spacial score (nSPS) is 10.0. The van der Waals surface area contributed by atoms with E-state index in [-0.39, 0.29) is 18.0 Å². The Morgan fingerprint density at radius 3 is 0.643 bits per heavy atom. The fourth-order valence-corrected chi connectivity index (χ4v) is 8.33. The third-order valence-corrected chi connectivity index (χ3v) is 13.1. The largest absolute Gasteiger partial charge is 0.494 e. The van der Waals surface area contributed by atoms with Gasteiger partial charge in [0, 0.05) is 33.4 Å². The topological polar surface area (TPSA) is 94.1 Å². The summed E-state index contributed by atoms with van der Waals surface area (Å²) in [6.45, 7) is 8.87. The highest BCUT2D eigenvalue weighted by Gasteiger charge is 2.14. The van der Waals surface area contributed by atoms with Crippen molar-refractivity contribution in [1.29, 1.82) is 0 Å². The molecular weight excluding hydrogens is 1040 g/mol. The van der Waals surface area contributed by atoms with Gasteiger partial charge in [-0.3, -0.25) is 0 Å². The van der Waals surface area contributed by atoms with Gasteiger partial charge in [-0.05, 0) is 200 Å². The first-order valence-electron chi connectivity index (χ1n) is 29.8. The van der Waals surface area contributed by atoms with Crippen LogP contribution in [0.2, 0.25) is 0 Å². The molecule has 0 radical (unpaired) electrons. The summed E-state index contributed by atoms with van der Waals surface area (Å²) in [5, 5.41) is 0. The molecule has 0 aliphatic heterocycles. The van der Waals surface area contributed by atoms with Crippen molar-refractivity contribution >= 4 is 0 Å². The van der Waals surface area contributed by atoms with E-state index in [9.17, 15) is 0 Å². The first-order valence-corrected chi connectivity index (χ1v) is 29.8. The number of benzene rings is 6. The molecule has 0 saturated carbocycles. The Morgan fingerprint density at radius 1 is 0.238 bits per heavy atom. The lowest BCUT2D eigenvalue weighted by Crippen LogP contribution is -2.01. The molecule has 0 bridgehead atoms. The SMILES string of the molecule is CCCCCCCCOc1ccc(C#CC#Cc2ccc(Oc3nc(Oc4ccc(C#CC#Cc5ccc(OCCCCCCCC)cc5)cc4)nc(Oc4ccc(C#CC#Cc5ccc(OCCCCCCCC)cc5)cc4)n3)cc2)cc1. The third-order valence-electron chi connectivity index (χ3n) is 13.1. The monoisotopic (exact) mass is 1110 g/mol. The van der Waals surface area contributed by atoms with E-state index in [2.05, 4.69) is 107 Å². The van der Waals surface area contributed by atoms with Crippen molar-refractivity contribution in [3.63, 3.8) is 0 Å². The number of rotatable bonds is 30. The van der Waals surface area contributed by atoms with Gasteiger partial charge in [0.15, 0.2) is 0 Å². The van der Waals surface area contributed by atoms with Crippen LogP contribution in [0.25, 0.3) is 0 Å². The second-order valence-electron chi connectivity index (χ2n) is 20.0. The standard InChI is InChI=1S/C75H75N3O6/c1-4-7-10-13-16-25-58-79-67-46-34-61(35-47-67)28-19-22-31-64-40-52-70(53-41-64)82-73-76-74(83-71-54-42-65(43-55-71)32-23-20-29-62-36-48-68(49-37-62)80-59-26-17-14-11-8-5-2)78-75(77-73)84-72-56-44-66(45-57-72)33-24-21-30-63-38-50-69(51-39-63)81-60-27-18-15-12-9-6-3/h34-57H,4-18,25-27,58-60H2,1-3H3. The van der Waals surface area contributed by atoms with Crippen molar-refractivity contribution in [2.24, 2.45) is 0 Å². The Kier molecular flexibility index (Phi) is 27.7. The van der Waals surface area contributed by atoms with Gasteiger partial charge in [0.25, 0.3) is 0 Å². The van der Waals surface area contributed by atoms with E-state index in [0.29, 0.717) is 17.2 Å². The Morgan fingerprint density at radius 2 is 0.429 bits per heavy atom. The number of aromatic nitrogens is 3. The first-order chi connectivity index (χ1) is 41.5. The molecule has 1 aromatic heterocycles. The van der Waals surface area contributed by atoms with Crippen LogP contribution in [0.15, 0.2) is 146 Å². The average Bonchev–Trinajstić information content (AvgIpc) is 3.72. The lowest BCUT2D eigenvalue weighted by atomic mass is 10.1. The second kappa shape index (κ2) is 37.5. The molecule has 0 atom stereocenters. The van der Waals surface area contributed by atoms with Crippen LogP contribution < -0.4 is 28.4 Å².